The van der Waals surface area contributed by atoms with E-state index >= 15 is 0 Å². The molecule has 6 nitrogen and oxygen atoms in total. The Balaban J connectivity index is 4.37. The molecule has 0 aromatic carbocycles. The minimum absolute atomic E-state index is 0.102. The number of aliphatic carboxylic acids is 1. The summed E-state index contributed by atoms with van der Waals surface area (Å²) in [5.74, 6) is -1.84. The van der Waals surface area contributed by atoms with Gasteiger partial charge in [-0.2, -0.15) is 13.1 Å². The van der Waals surface area contributed by atoms with E-state index in [4.69, 9.17) is 5.11 Å². The summed E-state index contributed by atoms with van der Waals surface area (Å²) in [4.78, 5) is 10.8. The van der Waals surface area contributed by atoms with Crippen LogP contribution in [0.25, 0.3) is 0 Å². The molecule has 0 amide bonds. The van der Waals surface area contributed by atoms with Crippen molar-refractivity contribution in [3.8, 4) is 0 Å². The quantitative estimate of drug-likeness (QED) is 0.602. The Kier molecular flexibility index (Phi) is 5.91. The first kappa shape index (κ1) is 15.3. The minimum atomic E-state index is -3.61. The van der Waals surface area contributed by atoms with Crippen LogP contribution >= 0.6 is 0 Å². The molecule has 0 rings (SSSR count). The molecule has 0 radical (unpaired) electrons. The number of nitrogens with one attached hydrogen (secondary N) is 2. The summed E-state index contributed by atoms with van der Waals surface area (Å²) in [5.41, 5.74) is 0. The second-order valence-corrected chi connectivity index (χ2v) is 5.84. The Bertz CT molecular complexity index is 324. The highest BCUT2D eigenvalue weighted by Gasteiger charge is 2.23. The molecule has 3 N–H and O–H groups in total. The molecule has 96 valence electrons. The van der Waals surface area contributed by atoms with Crippen molar-refractivity contribution < 1.29 is 18.3 Å². The number of hydrogen-bond donors (Lipinski definition) is 3. The van der Waals surface area contributed by atoms with Crippen molar-refractivity contribution in [2.45, 2.75) is 33.7 Å². The predicted octanol–water partition coefficient (Wildman–Crippen LogP) is 0.176. The molecule has 0 saturated carbocycles. The van der Waals surface area contributed by atoms with Crippen molar-refractivity contribution in [3.05, 3.63) is 0 Å². The van der Waals surface area contributed by atoms with E-state index in [2.05, 4.69) is 9.44 Å². The molecule has 0 spiro atoms. The molecule has 0 aliphatic carbocycles. The van der Waals surface area contributed by atoms with Crippen LogP contribution < -0.4 is 9.44 Å². The molecule has 1 atom stereocenters. The topological polar surface area (TPSA) is 95.5 Å². The Hall–Kier alpha value is -0.660. The van der Waals surface area contributed by atoms with Crippen molar-refractivity contribution in [3.63, 3.8) is 0 Å². The monoisotopic (exact) mass is 252 g/mol. The first-order chi connectivity index (χ1) is 7.15. The Morgan fingerprint density at radius 2 is 1.75 bits per heavy atom. The molecule has 0 aliphatic rings. The zero-order valence-corrected chi connectivity index (χ0v) is 10.8. The van der Waals surface area contributed by atoms with E-state index in [1.165, 1.54) is 0 Å². The first-order valence-corrected chi connectivity index (χ1v) is 6.63. The average Bonchev–Trinajstić information content (AvgIpc) is 1.99. The van der Waals surface area contributed by atoms with Crippen LogP contribution in [-0.2, 0) is 15.0 Å². The highest BCUT2D eigenvalue weighted by Crippen LogP contribution is 2.09. The third kappa shape index (κ3) is 6.04. The number of carbonyl (C=O) groups is 1. The van der Waals surface area contributed by atoms with Crippen molar-refractivity contribution >= 4 is 16.2 Å². The number of rotatable bonds is 7. The van der Waals surface area contributed by atoms with Gasteiger partial charge >= 0.3 is 5.97 Å². The van der Waals surface area contributed by atoms with Gasteiger partial charge in [0.2, 0.25) is 0 Å². The molecule has 7 heteroatoms. The predicted molar refractivity (Wildman–Crippen MR) is 61.2 cm³/mol. The van der Waals surface area contributed by atoms with E-state index in [9.17, 15) is 13.2 Å². The molecule has 1 unspecified atom stereocenters. The molecule has 0 bridgehead atoms. The van der Waals surface area contributed by atoms with E-state index in [0.717, 1.165) is 0 Å². The molecule has 0 aliphatic heterocycles. The van der Waals surface area contributed by atoms with E-state index in [-0.39, 0.29) is 18.5 Å². The largest absolute Gasteiger partial charge is 0.481 e. The summed E-state index contributed by atoms with van der Waals surface area (Å²) in [6, 6.07) is -0.222. The van der Waals surface area contributed by atoms with Gasteiger partial charge in [-0.25, -0.2) is 4.72 Å². The molecule has 0 heterocycles. The van der Waals surface area contributed by atoms with Crippen LogP contribution in [0.5, 0.6) is 0 Å². The van der Waals surface area contributed by atoms with Gasteiger partial charge in [-0.1, -0.05) is 13.8 Å². The van der Waals surface area contributed by atoms with E-state index in [0.29, 0.717) is 0 Å². The van der Waals surface area contributed by atoms with E-state index in [1.54, 1.807) is 27.7 Å². The highest BCUT2D eigenvalue weighted by atomic mass is 32.2. The fourth-order valence-corrected chi connectivity index (χ4v) is 2.26. The second-order valence-electron chi connectivity index (χ2n) is 4.31. The SMILES string of the molecule is CC(C)NS(=O)(=O)NCC(C(=O)O)C(C)C. The van der Waals surface area contributed by atoms with Crippen LogP contribution in [0, 0.1) is 11.8 Å². The highest BCUT2D eigenvalue weighted by molar-refractivity contribution is 7.87. The van der Waals surface area contributed by atoms with Gasteiger partial charge in [0, 0.05) is 12.6 Å². The van der Waals surface area contributed by atoms with Crippen LogP contribution in [0.4, 0.5) is 0 Å². The number of carboxylic acid groups (broad SMARTS) is 1. The fourth-order valence-electron chi connectivity index (χ4n) is 1.16. The summed E-state index contributed by atoms with van der Waals surface area (Å²) in [6.45, 7) is 6.76. The van der Waals surface area contributed by atoms with Gasteiger partial charge < -0.3 is 5.11 Å². The molecule has 0 aromatic heterocycles. The Morgan fingerprint density at radius 1 is 1.25 bits per heavy atom. The minimum Gasteiger partial charge on any atom is -0.481 e. The lowest BCUT2D eigenvalue weighted by atomic mass is 9.97. The summed E-state index contributed by atoms with van der Waals surface area (Å²) >= 11 is 0. The van der Waals surface area contributed by atoms with Crippen molar-refractivity contribution in [1.29, 1.82) is 0 Å². The lowest BCUT2D eigenvalue weighted by Crippen LogP contribution is -2.44. The summed E-state index contributed by atoms with van der Waals surface area (Å²) < 4.78 is 27.3. The van der Waals surface area contributed by atoms with Gasteiger partial charge in [-0.15, -0.1) is 0 Å². The summed E-state index contributed by atoms with van der Waals surface area (Å²) in [5, 5.41) is 8.87. The maximum absolute atomic E-state index is 11.4. The van der Waals surface area contributed by atoms with E-state index < -0.39 is 22.1 Å². The average molecular weight is 252 g/mol. The third-order valence-corrected chi connectivity index (χ3v) is 3.33. The molecule has 0 aromatic rings. The van der Waals surface area contributed by atoms with Crippen LogP contribution in [0.1, 0.15) is 27.7 Å². The smallest absolute Gasteiger partial charge is 0.308 e. The zero-order valence-electron chi connectivity index (χ0n) is 10.0. The molecule has 0 saturated heterocycles. The summed E-state index contributed by atoms with van der Waals surface area (Å²) in [7, 11) is -3.61. The van der Waals surface area contributed by atoms with Gasteiger partial charge in [0.05, 0.1) is 5.92 Å². The second kappa shape index (κ2) is 6.17. The van der Waals surface area contributed by atoms with Gasteiger partial charge in [0.1, 0.15) is 0 Å². The van der Waals surface area contributed by atoms with Gasteiger partial charge in [-0.3, -0.25) is 4.79 Å². The molecule has 0 fully saturated rings. The van der Waals surface area contributed by atoms with Gasteiger partial charge in [-0.05, 0) is 19.8 Å². The fraction of sp³-hybridized carbons (Fsp3) is 0.889. The Labute approximate surface area is 96.6 Å². The first-order valence-electron chi connectivity index (χ1n) is 5.15. The number of carboxylic acids is 1. The lowest BCUT2D eigenvalue weighted by molar-refractivity contribution is -0.142. The summed E-state index contributed by atoms with van der Waals surface area (Å²) in [6.07, 6.45) is 0. The van der Waals surface area contributed by atoms with Crippen LogP contribution in [0.2, 0.25) is 0 Å². The third-order valence-electron chi connectivity index (χ3n) is 2.01. The molecule has 16 heavy (non-hydrogen) atoms. The normalized spacial score (nSPS) is 14.4. The lowest BCUT2D eigenvalue weighted by Gasteiger charge is -2.17. The van der Waals surface area contributed by atoms with E-state index in [1.807, 2.05) is 0 Å². The van der Waals surface area contributed by atoms with Crippen molar-refractivity contribution in [2.75, 3.05) is 6.54 Å². The standard InChI is InChI=1S/C9H20N2O4S/c1-6(2)8(9(12)13)5-10-16(14,15)11-7(3)4/h6-8,10-11H,5H2,1-4H3,(H,12,13). The Morgan fingerprint density at radius 3 is 2.06 bits per heavy atom. The molecular formula is C9H20N2O4S. The van der Waals surface area contributed by atoms with Crippen molar-refractivity contribution in [2.24, 2.45) is 11.8 Å². The van der Waals surface area contributed by atoms with Gasteiger partial charge in [0.25, 0.3) is 10.2 Å². The van der Waals surface area contributed by atoms with Crippen LogP contribution in [0.3, 0.4) is 0 Å². The number of hydrogen-bond acceptors (Lipinski definition) is 3. The molecular weight excluding hydrogens is 232 g/mol. The van der Waals surface area contributed by atoms with Gasteiger partial charge in [0.15, 0.2) is 0 Å². The zero-order chi connectivity index (χ0) is 12.9. The van der Waals surface area contributed by atoms with Crippen LogP contribution in [-0.4, -0.2) is 32.1 Å². The maximum Gasteiger partial charge on any atom is 0.308 e. The maximum atomic E-state index is 11.4. The van der Waals surface area contributed by atoms with Crippen LogP contribution in [0.15, 0.2) is 0 Å². The van der Waals surface area contributed by atoms with Crippen molar-refractivity contribution in [1.82, 2.24) is 9.44 Å².